The minimum atomic E-state index is -0.659. The molecule has 0 aliphatic carbocycles. The van der Waals surface area contributed by atoms with Gasteiger partial charge in [-0.1, -0.05) is 114 Å². The molecule has 0 amide bonds. The third-order valence-corrected chi connectivity index (χ3v) is 13.7. The highest BCUT2D eigenvalue weighted by molar-refractivity contribution is 8.76. The van der Waals surface area contributed by atoms with Crippen molar-refractivity contribution in [2.75, 3.05) is 118 Å². The Hall–Kier alpha value is -2.72. The van der Waals surface area contributed by atoms with Crippen molar-refractivity contribution in [1.82, 2.24) is 0 Å². The molecule has 0 aromatic carbocycles. The molecule has 20 heteroatoms. The van der Waals surface area contributed by atoms with Crippen molar-refractivity contribution in [3.05, 3.63) is 0 Å². The average molecular weight is 1060 g/mol. The SMILES string of the molecule is COC(=O)CCC(=O)O[C@@H]1CSSC[C@H]1OC(=O)CCC(=O)OCCOCCOCCOCCOCCOCCOCCOC(=O)CCC(=O)OCCC(C)CCC[C@H](C)CCC[C@H](C)CCCC(C)C. The van der Waals surface area contributed by atoms with Crippen LogP contribution in [-0.2, 0) is 85.6 Å². The normalized spacial score (nSPS) is 15.9. The first-order valence-corrected chi connectivity index (χ1v) is 28.4. The average Bonchev–Trinajstić information content (AvgIpc) is 3.33. The molecule has 1 aliphatic rings. The standard InChI is InChI=1S/C51H90O18S2/c1-40(2)10-7-11-41(3)12-8-13-42(4)14-9-15-43(5)22-23-65-47(53)17-18-48(54)66-36-34-63-32-30-61-28-26-59-24-25-60-27-29-62-31-33-64-35-37-67-49(55)19-21-51(57)69-45-39-71-70-38-44(45)68-50(56)20-16-46(52)58-6/h40-45H,7-39H2,1-6H3/t41-,42-,43?,44-,45-/m1/s1. The lowest BCUT2D eigenvalue weighted by Gasteiger charge is -2.29. The summed E-state index contributed by atoms with van der Waals surface area (Å²) in [6.07, 6.45) is 10.5. The van der Waals surface area contributed by atoms with Crippen molar-refractivity contribution < 1.29 is 85.6 Å². The number of ether oxygens (including phenoxy) is 12. The summed E-state index contributed by atoms with van der Waals surface area (Å²) in [6.45, 7) is 16.2. The highest BCUT2D eigenvalue weighted by Gasteiger charge is 2.33. The summed E-state index contributed by atoms with van der Waals surface area (Å²) in [7, 11) is 4.21. The van der Waals surface area contributed by atoms with Gasteiger partial charge in [-0.3, -0.25) is 28.8 Å². The van der Waals surface area contributed by atoms with Gasteiger partial charge < -0.3 is 56.8 Å². The smallest absolute Gasteiger partial charge is 0.306 e. The maximum Gasteiger partial charge on any atom is 0.306 e. The Morgan fingerprint density at radius 2 is 0.648 bits per heavy atom. The van der Waals surface area contributed by atoms with Gasteiger partial charge in [-0.05, 0) is 30.1 Å². The zero-order chi connectivity index (χ0) is 52.2. The Bertz CT molecular complexity index is 1390. The molecule has 0 N–H and O–H groups in total. The van der Waals surface area contributed by atoms with Gasteiger partial charge in [0.2, 0.25) is 0 Å². The van der Waals surface area contributed by atoms with Crippen molar-refractivity contribution in [2.45, 2.75) is 150 Å². The van der Waals surface area contributed by atoms with E-state index in [9.17, 15) is 28.8 Å². The number of hydrogen-bond donors (Lipinski definition) is 0. The minimum absolute atomic E-state index is 0.00403. The van der Waals surface area contributed by atoms with E-state index in [2.05, 4.69) is 39.4 Å². The van der Waals surface area contributed by atoms with Crippen LogP contribution >= 0.6 is 21.6 Å². The van der Waals surface area contributed by atoms with Crippen LogP contribution in [0, 0.1) is 23.7 Å². The predicted octanol–water partition coefficient (Wildman–Crippen LogP) is 7.91. The van der Waals surface area contributed by atoms with Gasteiger partial charge in [-0.25, -0.2) is 0 Å². The lowest BCUT2D eigenvalue weighted by Crippen LogP contribution is -2.40. The van der Waals surface area contributed by atoms with Crippen LogP contribution in [-0.4, -0.2) is 166 Å². The molecule has 1 rings (SSSR count). The van der Waals surface area contributed by atoms with E-state index in [-0.39, 0.29) is 70.9 Å². The van der Waals surface area contributed by atoms with Crippen LogP contribution in [0.2, 0.25) is 0 Å². The zero-order valence-electron chi connectivity index (χ0n) is 44.0. The molecule has 1 saturated heterocycles. The van der Waals surface area contributed by atoms with Gasteiger partial charge in [0.1, 0.15) is 25.4 Å². The van der Waals surface area contributed by atoms with E-state index in [0.29, 0.717) is 90.1 Å². The molecule has 0 bridgehead atoms. The van der Waals surface area contributed by atoms with Crippen LogP contribution in [0.5, 0.6) is 0 Å². The van der Waals surface area contributed by atoms with Crippen molar-refractivity contribution >= 4 is 57.4 Å². The first-order chi connectivity index (χ1) is 34.3. The quantitative estimate of drug-likeness (QED) is 0.0245. The molecule has 71 heavy (non-hydrogen) atoms. The van der Waals surface area contributed by atoms with Crippen molar-refractivity contribution in [2.24, 2.45) is 23.7 Å². The van der Waals surface area contributed by atoms with Gasteiger partial charge in [0.25, 0.3) is 0 Å². The molecular formula is C51H90O18S2. The Morgan fingerprint density at radius 3 is 0.986 bits per heavy atom. The summed E-state index contributed by atoms with van der Waals surface area (Å²) in [4.78, 5) is 71.9. The van der Waals surface area contributed by atoms with E-state index in [1.54, 1.807) is 0 Å². The number of carbonyl (C=O) groups excluding carboxylic acids is 6. The molecule has 1 aliphatic heterocycles. The van der Waals surface area contributed by atoms with E-state index in [4.69, 9.17) is 52.1 Å². The minimum Gasteiger partial charge on any atom is -0.469 e. The van der Waals surface area contributed by atoms with Crippen LogP contribution in [0.1, 0.15) is 137 Å². The van der Waals surface area contributed by atoms with Crippen LogP contribution in [0.15, 0.2) is 0 Å². The van der Waals surface area contributed by atoms with E-state index in [1.165, 1.54) is 80.1 Å². The molecule has 0 radical (unpaired) electrons. The first kappa shape index (κ1) is 66.3. The van der Waals surface area contributed by atoms with Gasteiger partial charge in [0, 0.05) is 11.5 Å². The Labute approximate surface area is 432 Å². The number of esters is 6. The number of hydrogen-bond acceptors (Lipinski definition) is 20. The summed E-state index contributed by atoms with van der Waals surface area (Å²) < 4.78 is 63.7. The van der Waals surface area contributed by atoms with E-state index >= 15 is 0 Å². The molecule has 18 nitrogen and oxygen atoms in total. The molecule has 0 aromatic rings. The summed E-state index contributed by atoms with van der Waals surface area (Å²) in [5.41, 5.74) is 0. The Balaban J connectivity index is 1.84. The lowest BCUT2D eigenvalue weighted by molar-refractivity contribution is -0.166. The van der Waals surface area contributed by atoms with E-state index in [0.717, 1.165) is 30.6 Å². The topological polar surface area (TPSA) is 213 Å². The molecule has 0 aromatic heterocycles. The van der Waals surface area contributed by atoms with Gasteiger partial charge in [-0.2, -0.15) is 0 Å². The highest BCUT2D eigenvalue weighted by Crippen LogP contribution is 2.33. The van der Waals surface area contributed by atoms with Crippen LogP contribution < -0.4 is 0 Å². The zero-order valence-corrected chi connectivity index (χ0v) is 45.6. The highest BCUT2D eigenvalue weighted by atomic mass is 33.1. The Kier molecular flexibility index (Phi) is 42.8. The second-order valence-corrected chi connectivity index (χ2v) is 20.9. The van der Waals surface area contributed by atoms with Crippen LogP contribution in [0.4, 0.5) is 0 Å². The second-order valence-electron chi connectivity index (χ2n) is 18.3. The number of carbonyl (C=O) groups is 6. The monoisotopic (exact) mass is 1050 g/mol. The molecule has 1 unspecified atom stereocenters. The molecule has 5 atom stereocenters. The molecule has 1 heterocycles. The third-order valence-electron chi connectivity index (χ3n) is 11.3. The molecule has 0 spiro atoms. The molecular weight excluding hydrogens is 965 g/mol. The van der Waals surface area contributed by atoms with Crippen molar-refractivity contribution in [3.63, 3.8) is 0 Å². The first-order valence-electron chi connectivity index (χ1n) is 25.9. The fraction of sp³-hybridized carbons (Fsp3) is 0.882. The fourth-order valence-electron chi connectivity index (χ4n) is 6.99. The van der Waals surface area contributed by atoms with Gasteiger partial charge in [0.05, 0.1) is 132 Å². The van der Waals surface area contributed by atoms with Crippen LogP contribution in [0.3, 0.4) is 0 Å². The van der Waals surface area contributed by atoms with Gasteiger partial charge in [-0.15, -0.1) is 0 Å². The maximum atomic E-state index is 12.3. The fourth-order valence-corrected chi connectivity index (χ4v) is 9.40. The van der Waals surface area contributed by atoms with E-state index in [1.807, 2.05) is 0 Å². The predicted molar refractivity (Wildman–Crippen MR) is 271 cm³/mol. The second kappa shape index (κ2) is 45.9. The summed E-state index contributed by atoms with van der Waals surface area (Å²) in [6, 6.07) is 0. The molecule has 414 valence electrons. The summed E-state index contributed by atoms with van der Waals surface area (Å²) in [5, 5.41) is 0. The van der Waals surface area contributed by atoms with Gasteiger partial charge in [0.15, 0.2) is 0 Å². The van der Waals surface area contributed by atoms with Gasteiger partial charge >= 0.3 is 35.8 Å². The van der Waals surface area contributed by atoms with Crippen molar-refractivity contribution in [3.8, 4) is 0 Å². The maximum absolute atomic E-state index is 12.3. The van der Waals surface area contributed by atoms with Crippen molar-refractivity contribution in [1.29, 1.82) is 0 Å². The van der Waals surface area contributed by atoms with Crippen LogP contribution in [0.25, 0.3) is 0 Å². The van der Waals surface area contributed by atoms with E-state index < -0.39 is 42.1 Å². The third kappa shape index (κ3) is 42.4. The molecule has 0 saturated carbocycles. The largest absolute Gasteiger partial charge is 0.469 e. The number of rotatable bonds is 47. The summed E-state index contributed by atoms with van der Waals surface area (Å²) >= 11 is 0. The molecule has 1 fully saturated rings. The lowest BCUT2D eigenvalue weighted by atomic mass is 9.91. The summed E-state index contributed by atoms with van der Waals surface area (Å²) in [5.74, 6) is 0.630. The number of methoxy groups -OCH3 is 1. The Morgan fingerprint density at radius 1 is 0.366 bits per heavy atom.